The fourth-order valence-corrected chi connectivity index (χ4v) is 3.42. The van der Waals surface area contributed by atoms with Crippen LogP contribution in [0, 0.1) is 13.8 Å². The molecule has 21 heavy (non-hydrogen) atoms. The van der Waals surface area contributed by atoms with Crippen LogP contribution < -0.4 is 5.32 Å². The molecule has 2 rings (SSSR count). The van der Waals surface area contributed by atoms with Gasteiger partial charge in [0.1, 0.15) is 0 Å². The van der Waals surface area contributed by atoms with E-state index in [2.05, 4.69) is 57.3 Å². The van der Waals surface area contributed by atoms with Gasteiger partial charge in [0.05, 0.1) is 16.4 Å². The molecule has 0 aliphatic heterocycles. The molecule has 0 saturated heterocycles. The van der Waals surface area contributed by atoms with Gasteiger partial charge < -0.3 is 5.32 Å². The van der Waals surface area contributed by atoms with Crippen molar-refractivity contribution in [2.75, 3.05) is 0 Å². The predicted molar refractivity (Wildman–Crippen MR) is 88.8 cm³/mol. The van der Waals surface area contributed by atoms with E-state index in [9.17, 15) is 0 Å². The van der Waals surface area contributed by atoms with Gasteiger partial charge in [-0.3, -0.25) is 4.68 Å². The first-order valence-electron chi connectivity index (χ1n) is 7.38. The largest absolute Gasteiger partial charge is 0.304 e. The van der Waals surface area contributed by atoms with Crippen molar-refractivity contribution >= 4 is 11.3 Å². The number of nitrogens with zero attached hydrogens (tertiary/aromatic N) is 3. The molecule has 0 aliphatic rings. The van der Waals surface area contributed by atoms with Crippen molar-refractivity contribution in [2.45, 2.75) is 59.5 Å². The topological polar surface area (TPSA) is 42.7 Å². The van der Waals surface area contributed by atoms with Crippen LogP contribution in [-0.2, 0) is 19.0 Å². The first kappa shape index (κ1) is 16.2. The molecule has 5 heteroatoms. The molecule has 0 aromatic carbocycles. The Kier molecular flexibility index (Phi) is 4.54. The standard InChI is InChI=1S/C16H26N4S/c1-10(14-11(2)19-20(7)12(14)3)17-8-13-9-21-15(18-13)16(4,5)6/h9-10,17H,8H2,1-7H3/t10-/m0/s1. The highest BCUT2D eigenvalue weighted by molar-refractivity contribution is 7.09. The first-order valence-corrected chi connectivity index (χ1v) is 8.26. The van der Waals surface area contributed by atoms with E-state index in [4.69, 9.17) is 4.98 Å². The van der Waals surface area contributed by atoms with Gasteiger partial charge in [0.15, 0.2) is 0 Å². The van der Waals surface area contributed by atoms with Gasteiger partial charge in [-0.25, -0.2) is 4.98 Å². The normalized spacial score (nSPS) is 13.7. The lowest BCUT2D eigenvalue weighted by Crippen LogP contribution is -2.20. The molecule has 2 aromatic rings. The molecule has 0 bridgehead atoms. The van der Waals surface area contributed by atoms with Crippen molar-refractivity contribution in [1.29, 1.82) is 0 Å². The molecule has 0 radical (unpaired) electrons. The smallest absolute Gasteiger partial charge is 0.0982 e. The highest BCUT2D eigenvalue weighted by Gasteiger charge is 2.19. The number of aromatic nitrogens is 3. The Labute approximate surface area is 131 Å². The first-order chi connectivity index (χ1) is 9.70. The zero-order chi connectivity index (χ0) is 15.8. The van der Waals surface area contributed by atoms with Crippen molar-refractivity contribution in [1.82, 2.24) is 20.1 Å². The van der Waals surface area contributed by atoms with Gasteiger partial charge >= 0.3 is 0 Å². The van der Waals surface area contributed by atoms with Gasteiger partial charge in [-0.05, 0) is 20.8 Å². The van der Waals surface area contributed by atoms with E-state index in [-0.39, 0.29) is 11.5 Å². The van der Waals surface area contributed by atoms with Gasteiger partial charge in [-0.15, -0.1) is 11.3 Å². The fraction of sp³-hybridized carbons (Fsp3) is 0.625. The average Bonchev–Trinajstić information content (AvgIpc) is 2.93. The Hall–Kier alpha value is -1.20. The molecule has 2 heterocycles. The second kappa shape index (κ2) is 5.89. The average molecular weight is 306 g/mol. The summed E-state index contributed by atoms with van der Waals surface area (Å²) in [5, 5.41) is 11.4. The van der Waals surface area contributed by atoms with Gasteiger partial charge in [-0.2, -0.15) is 5.10 Å². The third kappa shape index (κ3) is 3.52. The lowest BCUT2D eigenvalue weighted by atomic mass is 9.98. The van der Waals surface area contributed by atoms with E-state index in [1.54, 1.807) is 11.3 Å². The molecule has 0 unspecified atom stereocenters. The minimum absolute atomic E-state index is 0.130. The molecule has 0 saturated carbocycles. The zero-order valence-corrected chi connectivity index (χ0v) is 14.9. The molecule has 1 N–H and O–H groups in total. The summed E-state index contributed by atoms with van der Waals surface area (Å²) in [7, 11) is 1.99. The Bertz CT molecular complexity index is 619. The summed E-state index contributed by atoms with van der Waals surface area (Å²) in [6.45, 7) is 13.8. The number of thiazole rings is 1. The maximum Gasteiger partial charge on any atom is 0.0982 e. The summed E-state index contributed by atoms with van der Waals surface area (Å²) >= 11 is 1.75. The lowest BCUT2D eigenvalue weighted by Gasteiger charge is -2.15. The molecule has 0 spiro atoms. The van der Waals surface area contributed by atoms with Crippen LogP contribution in [-0.4, -0.2) is 14.8 Å². The van der Waals surface area contributed by atoms with Gasteiger partial charge in [-0.1, -0.05) is 20.8 Å². The van der Waals surface area contributed by atoms with E-state index >= 15 is 0 Å². The SMILES string of the molecule is Cc1nn(C)c(C)c1[C@H](C)NCc1csc(C(C)(C)C)n1. The van der Waals surface area contributed by atoms with E-state index in [0.717, 1.165) is 17.9 Å². The number of rotatable bonds is 4. The van der Waals surface area contributed by atoms with Gasteiger partial charge in [0.2, 0.25) is 0 Å². The Balaban J connectivity index is 2.04. The van der Waals surface area contributed by atoms with Crippen LogP contribution in [0.4, 0.5) is 0 Å². The van der Waals surface area contributed by atoms with E-state index < -0.39 is 0 Å². The highest BCUT2D eigenvalue weighted by atomic mass is 32.1. The summed E-state index contributed by atoms with van der Waals surface area (Å²) < 4.78 is 1.95. The summed E-state index contributed by atoms with van der Waals surface area (Å²) in [6, 6.07) is 0.276. The van der Waals surface area contributed by atoms with E-state index in [1.807, 2.05) is 11.7 Å². The van der Waals surface area contributed by atoms with Crippen molar-refractivity contribution in [3.8, 4) is 0 Å². The summed E-state index contributed by atoms with van der Waals surface area (Å²) in [6.07, 6.45) is 0. The molecule has 0 fully saturated rings. The van der Waals surface area contributed by atoms with Crippen LogP contribution in [0.25, 0.3) is 0 Å². The second-order valence-electron chi connectivity index (χ2n) is 6.70. The molecule has 0 amide bonds. The van der Waals surface area contributed by atoms with Crippen LogP contribution in [0.1, 0.15) is 61.4 Å². The van der Waals surface area contributed by atoms with E-state index in [0.29, 0.717) is 0 Å². The van der Waals surface area contributed by atoms with Crippen LogP contribution in [0.5, 0.6) is 0 Å². The third-order valence-corrected chi connectivity index (χ3v) is 5.10. The maximum atomic E-state index is 4.73. The van der Waals surface area contributed by atoms with Gasteiger partial charge in [0.25, 0.3) is 0 Å². The number of aryl methyl sites for hydroxylation is 2. The van der Waals surface area contributed by atoms with Gasteiger partial charge in [0, 0.05) is 41.7 Å². The lowest BCUT2D eigenvalue weighted by molar-refractivity contribution is 0.553. The fourth-order valence-electron chi connectivity index (χ4n) is 2.51. The molecular formula is C16H26N4S. The molecule has 0 aliphatic carbocycles. The van der Waals surface area contributed by atoms with Crippen molar-refractivity contribution in [3.05, 3.63) is 33.0 Å². The second-order valence-corrected chi connectivity index (χ2v) is 7.56. The Morgan fingerprint density at radius 2 is 2.00 bits per heavy atom. The minimum Gasteiger partial charge on any atom is -0.304 e. The summed E-state index contributed by atoms with van der Waals surface area (Å²) in [5.74, 6) is 0. The zero-order valence-electron chi connectivity index (χ0n) is 14.1. The number of hydrogen-bond acceptors (Lipinski definition) is 4. The monoisotopic (exact) mass is 306 g/mol. The number of nitrogens with one attached hydrogen (secondary N) is 1. The molecule has 4 nitrogen and oxygen atoms in total. The van der Waals surface area contributed by atoms with Crippen molar-refractivity contribution < 1.29 is 0 Å². The number of hydrogen-bond donors (Lipinski definition) is 1. The predicted octanol–water partition coefficient (Wildman–Crippen LogP) is 3.64. The maximum absolute atomic E-state index is 4.73. The summed E-state index contributed by atoms with van der Waals surface area (Å²) in [5.41, 5.74) is 4.87. The molecule has 116 valence electrons. The molecular weight excluding hydrogens is 280 g/mol. The third-order valence-electron chi connectivity index (χ3n) is 3.78. The Morgan fingerprint density at radius 3 is 2.48 bits per heavy atom. The van der Waals surface area contributed by atoms with Crippen molar-refractivity contribution in [2.24, 2.45) is 7.05 Å². The highest BCUT2D eigenvalue weighted by Crippen LogP contribution is 2.26. The molecule has 1 atom stereocenters. The quantitative estimate of drug-likeness (QED) is 0.937. The van der Waals surface area contributed by atoms with Crippen LogP contribution >= 0.6 is 11.3 Å². The van der Waals surface area contributed by atoms with Crippen LogP contribution in [0.2, 0.25) is 0 Å². The molecule has 2 aromatic heterocycles. The summed E-state index contributed by atoms with van der Waals surface area (Å²) in [4.78, 5) is 4.73. The van der Waals surface area contributed by atoms with Crippen LogP contribution in [0.3, 0.4) is 0 Å². The van der Waals surface area contributed by atoms with Crippen LogP contribution in [0.15, 0.2) is 5.38 Å². The van der Waals surface area contributed by atoms with E-state index in [1.165, 1.54) is 16.3 Å². The Morgan fingerprint density at radius 1 is 1.33 bits per heavy atom. The van der Waals surface area contributed by atoms with Crippen molar-refractivity contribution in [3.63, 3.8) is 0 Å². The minimum atomic E-state index is 0.130.